The van der Waals surface area contributed by atoms with Crippen molar-refractivity contribution in [3.05, 3.63) is 34.9 Å². The molecule has 0 unspecified atom stereocenters. The summed E-state index contributed by atoms with van der Waals surface area (Å²) < 4.78 is 0. The van der Waals surface area contributed by atoms with E-state index in [9.17, 15) is 9.90 Å². The van der Waals surface area contributed by atoms with Crippen LogP contribution < -0.4 is 0 Å². The highest BCUT2D eigenvalue weighted by molar-refractivity contribution is 5.74. The molecule has 0 bridgehead atoms. The summed E-state index contributed by atoms with van der Waals surface area (Å²) in [5, 5.41) is 9.42. The Hall–Kier alpha value is -1.35. The van der Waals surface area contributed by atoms with E-state index < -0.39 is 11.4 Å². The Morgan fingerprint density at radius 3 is 2.20 bits per heavy atom. The van der Waals surface area contributed by atoms with E-state index in [2.05, 4.69) is 36.9 Å². The van der Waals surface area contributed by atoms with Crippen LogP contribution in [0.5, 0.6) is 0 Å². The van der Waals surface area contributed by atoms with Crippen molar-refractivity contribution in [2.75, 3.05) is 13.1 Å². The predicted molar refractivity (Wildman–Crippen MR) is 80.8 cm³/mol. The average molecular weight is 275 g/mol. The zero-order chi connectivity index (χ0) is 14.8. The van der Waals surface area contributed by atoms with E-state index in [1.807, 2.05) is 6.92 Å². The molecule has 1 aromatic carbocycles. The van der Waals surface area contributed by atoms with Crippen molar-refractivity contribution in [2.24, 2.45) is 5.41 Å². The molecule has 0 amide bonds. The van der Waals surface area contributed by atoms with Crippen molar-refractivity contribution >= 4 is 5.97 Å². The minimum atomic E-state index is -0.619. The number of aliphatic carboxylic acids is 1. The molecule has 0 aromatic heterocycles. The van der Waals surface area contributed by atoms with E-state index in [1.165, 1.54) is 16.7 Å². The number of hydrogen-bond acceptors (Lipinski definition) is 2. The normalized spacial score (nSPS) is 18.9. The van der Waals surface area contributed by atoms with Crippen LogP contribution in [0.25, 0.3) is 0 Å². The first-order chi connectivity index (χ1) is 9.45. The molecule has 3 nitrogen and oxygen atoms in total. The Morgan fingerprint density at radius 2 is 1.75 bits per heavy atom. The fourth-order valence-electron chi connectivity index (χ4n) is 3.28. The Kier molecular flexibility index (Phi) is 4.48. The molecule has 1 saturated heterocycles. The second kappa shape index (κ2) is 5.96. The summed E-state index contributed by atoms with van der Waals surface area (Å²) in [4.78, 5) is 13.8. The maximum Gasteiger partial charge on any atom is 0.309 e. The third kappa shape index (κ3) is 3.21. The molecule has 3 heteroatoms. The lowest BCUT2D eigenvalue weighted by Crippen LogP contribution is -2.43. The van der Waals surface area contributed by atoms with Gasteiger partial charge in [0.1, 0.15) is 0 Å². The number of benzene rings is 1. The summed E-state index contributed by atoms with van der Waals surface area (Å²) >= 11 is 0. The summed E-state index contributed by atoms with van der Waals surface area (Å²) in [6, 6.07) is 6.64. The molecule has 110 valence electrons. The molecule has 0 aliphatic carbocycles. The molecule has 20 heavy (non-hydrogen) atoms. The van der Waals surface area contributed by atoms with E-state index in [1.54, 1.807) is 0 Å². The third-order valence-electron chi connectivity index (χ3n) is 4.63. The molecule has 1 aliphatic heterocycles. The largest absolute Gasteiger partial charge is 0.481 e. The van der Waals surface area contributed by atoms with Crippen LogP contribution in [0.1, 0.15) is 42.9 Å². The lowest BCUT2D eigenvalue weighted by molar-refractivity contribution is -0.152. The number of likely N-dealkylation sites (tertiary alicyclic amines) is 1. The van der Waals surface area contributed by atoms with Crippen molar-refractivity contribution in [1.82, 2.24) is 4.90 Å². The van der Waals surface area contributed by atoms with Gasteiger partial charge in [0.15, 0.2) is 0 Å². The van der Waals surface area contributed by atoms with E-state index in [-0.39, 0.29) is 0 Å². The number of rotatable bonds is 4. The van der Waals surface area contributed by atoms with E-state index in [0.29, 0.717) is 0 Å². The Bertz CT molecular complexity index is 468. The number of piperidine rings is 1. The molecule has 2 rings (SSSR count). The van der Waals surface area contributed by atoms with Gasteiger partial charge in [-0.2, -0.15) is 0 Å². The molecule has 0 radical (unpaired) electrons. The van der Waals surface area contributed by atoms with Gasteiger partial charge in [0.05, 0.1) is 5.41 Å². The molecule has 0 atom stereocenters. The van der Waals surface area contributed by atoms with E-state index >= 15 is 0 Å². The minimum Gasteiger partial charge on any atom is -0.481 e. The van der Waals surface area contributed by atoms with Crippen molar-refractivity contribution in [3.63, 3.8) is 0 Å². The van der Waals surface area contributed by atoms with Gasteiger partial charge in [0.25, 0.3) is 0 Å². The van der Waals surface area contributed by atoms with Gasteiger partial charge in [-0.25, -0.2) is 0 Å². The summed E-state index contributed by atoms with van der Waals surface area (Å²) in [5.74, 6) is -0.619. The molecule has 1 heterocycles. The second-order valence-corrected chi connectivity index (χ2v) is 6.21. The van der Waals surface area contributed by atoms with Crippen LogP contribution in [0.15, 0.2) is 18.2 Å². The van der Waals surface area contributed by atoms with Gasteiger partial charge in [-0.05, 0) is 51.8 Å². The number of carboxylic acid groups (broad SMARTS) is 1. The van der Waals surface area contributed by atoms with Crippen molar-refractivity contribution in [2.45, 2.75) is 46.6 Å². The number of carboxylic acids is 1. The summed E-state index contributed by atoms with van der Waals surface area (Å²) in [6.45, 7) is 8.94. The zero-order valence-corrected chi connectivity index (χ0v) is 12.8. The monoisotopic (exact) mass is 275 g/mol. The zero-order valence-electron chi connectivity index (χ0n) is 12.8. The minimum absolute atomic E-state index is 0.487. The lowest BCUT2D eigenvalue weighted by atomic mass is 9.76. The summed E-state index contributed by atoms with van der Waals surface area (Å²) in [7, 11) is 0. The molecule has 1 aliphatic rings. The van der Waals surface area contributed by atoms with Crippen LogP contribution in [0.2, 0.25) is 0 Å². The van der Waals surface area contributed by atoms with Gasteiger partial charge < -0.3 is 5.11 Å². The van der Waals surface area contributed by atoms with Crippen LogP contribution in [0, 0.1) is 19.3 Å². The topological polar surface area (TPSA) is 40.5 Å². The van der Waals surface area contributed by atoms with Gasteiger partial charge >= 0.3 is 5.97 Å². The molecule has 0 spiro atoms. The number of hydrogen-bond donors (Lipinski definition) is 1. The Morgan fingerprint density at radius 1 is 1.20 bits per heavy atom. The highest BCUT2D eigenvalue weighted by Crippen LogP contribution is 2.35. The van der Waals surface area contributed by atoms with E-state index in [0.717, 1.165) is 38.9 Å². The first kappa shape index (κ1) is 15.0. The first-order valence-corrected chi connectivity index (χ1v) is 7.48. The summed E-state index contributed by atoms with van der Waals surface area (Å²) in [6.07, 6.45) is 2.27. The van der Waals surface area contributed by atoms with Gasteiger partial charge in [0.2, 0.25) is 0 Å². The van der Waals surface area contributed by atoms with Crippen LogP contribution >= 0.6 is 0 Å². The van der Waals surface area contributed by atoms with Gasteiger partial charge in [-0.3, -0.25) is 9.69 Å². The summed E-state index contributed by atoms with van der Waals surface area (Å²) in [5.41, 5.74) is 3.44. The van der Waals surface area contributed by atoms with E-state index in [4.69, 9.17) is 0 Å². The molecule has 1 aromatic rings. The van der Waals surface area contributed by atoms with Crippen molar-refractivity contribution < 1.29 is 9.90 Å². The van der Waals surface area contributed by atoms with Crippen LogP contribution in [0.4, 0.5) is 0 Å². The standard InChI is InChI=1S/C17H25NO2/c1-4-17(16(19)20)5-7-18(8-6-17)12-15-10-13(2)9-14(3)11-15/h9-11H,4-8,12H2,1-3H3,(H,19,20). The molecule has 1 fully saturated rings. The quantitative estimate of drug-likeness (QED) is 0.915. The second-order valence-electron chi connectivity index (χ2n) is 6.21. The molecule has 1 N–H and O–H groups in total. The Balaban J connectivity index is 1.99. The fourth-order valence-corrected chi connectivity index (χ4v) is 3.28. The van der Waals surface area contributed by atoms with Crippen molar-refractivity contribution in [3.8, 4) is 0 Å². The van der Waals surface area contributed by atoms with Crippen LogP contribution in [-0.2, 0) is 11.3 Å². The average Bonchev–Trinajstić information content (AvgIpc) is 2.38. The van der Waals surface area contributed by atoms with Crippen molar-refractivity contribution in [1.29, 1.82) is 0 Å². The van der Waals surface area contributed by atoms with Gasteiger partial charge in [-0.15, -0.1) is 0 Å². The third-order valence-corrected chi connectivity index (χ3v) is 4.63. The first-order valence-electron chi connectivity index (χ1n) is 7.48. The highest BCUT2D eigenvalue weighted by Gasteiger charge is 2.39. The van der Waals surface area contributed by atoms with Gasteiger partial charge in [0, 0.05) is 6.54 Å². The SMILES string of the molecule is CCC1(C(=O)O)CCN(Cc2cc(C)cc(C)c2)CC1. The van der Waals surface area contributed by atoms with Crippen LogP contribution in [0.3, 0.4) is 0 Å². The maximum absolute atomic E-state index is 11.4. The van der Waals surface area contributed by atoms with Gasteiger partial charge in [-0.1, -0.05) is 36.2 Å². The molecular formula is C17H25NO2. The maximum atomic E-state index is 11.4. The molecular weight excluding hydrogens is 250 g/mol. The Labute approximate surface area is 121 Å². The van der Waals surface area contributed by atoms with Crippen LogP contribution in [-0.4, -0.2) is 29.1 Å². The number of nitrogens with zero attached hydrogens (tertiary/aromatic N) is 1. The number of carbonyl (C=O) groups is 1. The smallest absolute Gasteiger partial charge is 0.309 e. The lowest BCUT2D eigenvalue weighted by Gasteiger charge is -2.38. The fraction of sp³-hybridized carbons (Fsp3) is 0.588. The molecule has 0 saturated carbocycles. The highest BCUT2D eigenvalue weighted by atomic mass is 16.4. The predicted octanol–water partition coefficient (Wildman–Crippen LogP) is 3.38. The number of aryl methyl sites for hydroxylation is 2.